The van der Waals surface area contributed by atoms with Gasteiger partial charge in [0.15, 0.2) is 10.6 Å². The van der Waals surface area contributed by atoms with E-state index in [1.165, 1.54) is 6.92 Å². The Morgan fingerprint density at radius 1 is 0.896 bits per heavy atom. The fourth-order valence-electron chi connectivity index (χ4n) is 5.63. The molecule has 1 saturated heterocycles. The van der Waals surface area contributed by atoms with Crippen molar-refractivity contribution < 1.29 is 24.2 Å². The van der Waals surface area contributed by atoms with E-state index in [0.29, 0.717) is 19.5 Å². The first-order valence-corrected chi connectivity index (χ1v) is 18.2. The SMILES string of the molecule is CC(=O)NCCCCCC(=O)NCc1cccc(-c2ccc([C@@H]3O[C@H](CSc4nnc(C)s4)[C@H](C)[C@H](c4ccc(CO)cc4)O3)cc2)c1. The van der Waals surface area contributed by atoms with Crippen molar-refractivity contribution in [2.45, 2.75) is 82.4 Å². The summed E-state index contributed by atoms with van der Waals surface area (Å²) in [5, 5.41) is 24.7. The molecule has 0 radical (unpaired) electrons. The molecule has 5 rings (SSSR count). The molecule has 4 aromatic rings. The van der Waals surface area contributed by atoms with E-state index in [1.807, 2.05) is 43.3 Å². The molecule has 254 valence electrons. The lowest BCUT2D eigenvalue weighted by atomic mass is 9.91. The lowest BCUT2D eigenvalue weighted by molar-refractivity contribution is -0.268. The molecule has 0 spiro atoms. The summed E-state index contributed by atoms with van der Waals surface area (Å²) in [5.41, 5.74) is 6.01. The fraction of sp³-hybridized carbons (Fsp3) is 0.405. The normalized spacial score (nSPS) is 19.2. The third kappa shape index (κ3) is 10.2. The minimum atomic E-state index is -0.550. The van der Waals surface area contributed by atoms with Gasteiger partial charge in [-0.05, 0) is 53.6 Å². The summed E-state index contributed by atoms with van der Waals surface area (Å²) < 4.78 is 14.2. The van der Waals surface area contributed by atoms with Gasteiger partial charge in [-0.3, -0.25) is 9.59 Å². The van der Waals surface area contributed by atoms with Crippen molar-refractivity contribution in [2.75, 3.05) is 12.3 Å². The van der Waals surface area contributed by atoms with Gasteiger partial charge in [0.25, 0.3) is 0 Å². The van der Waals surface area contributed by atoms with Crippen LogP contribution in [0.25, 0.3) is 11.1 Å². The lowest BCUT2D eigenvalue weighted by Gasteiger charge is -2.41. The zero-order chi connectivity index (χ0) is 33.9. The van der Waals surface area contributed by atoms with Crippen molar-refractivity contribution in [2.24, 2.45) is 5.92 Å². The number of ether oxygens (including phenoxy) is 2. The van der Waals surface area contributed by atoms with Crippen molar-refractivity contribution in [3.8, 4) is 11.1 Å². The Balaban J connectivity index is 1.22. The van der Waals surface area contributed by atoms with Crippen molar-refractivity contribution in [1.29, 1.82) is 0 Å². The molecule has 0 bridgehead atoms. The Hall–Kier alpha value is -3.61. The van der Waals surface area contributed by atoms with E-state index in [2.05, 4.69) is 64.2 Å². The summed E-state index contributed by atoms with van der Waals surface area (Å²) in [6.45, 7) is 6.74. The largest absolute Gasteiger partial charge is 0.392 e. The Morgan fingerprint density at radius 3 is 2.38 bits per heavy atom. The number of aliphatic hydroxyl groups excluding tert-OH is 1. The Morgan fingerprint density at radius 2 is 1.67 bits per heavy atom. The molecule has 2 amide bonds. The maximum absolute atomic E-state index is 12.4. The highest BCUT2D eigenvalue weighted by atomic mass is 32.2. The summed E-state index contributed by atoms with van der Waals surface area (Å²) in [6, 6.07) is 24.4. The summed E-state index contributed by atoms with van der Waals surface area (Å²) in [4.78, 5) is 23.3. The summed E-state index contributed by atoms with van der Waals surface area (Å²) >= 11 is 3.24. The van der Waals surface area contributed by atoms with Crippen molar-refractivity contribution in [3.05, 3.63) is 100 Å². The van der Waals surface area contributed by atoms with Gasteiger partial charge in [0.2, 0.25) is 11.8 Å². The number of nitrogens with zero attached hydrogens (tertiary/aromatic N) is 2. The van der Waals surface area contributed by atoms with E-state index in [1.54, 1.807) is 23.1 Å². The number of hydrogen-bond donors (Lipinski definition) is 3. The van der Waals surface area contributed by atoms with Crippen LogP contribution in [-0.2, 0) is 32.2 Å². The molecule has 3 N–H and O–H groups in total. The van der Waals surface area contributed by atoms with Gasteiger partial charge in [-0.1, -0.05) is 103 Å². The number of benzene rings is 3. The first-order chi connectivity index (χ1) is 23.3. The molecule has 4 atom stereocenters. The number of aromatic nitrogens is 2. The van der Waals surface area contributed by atoms with Crippen molar-refractivity contribution >= 4 is 34.9 Å². The second kappa shape index (κ2) is 17.7. The third-order valence-electron chi connectivity index (χ3n) is 8.39. The number of hydrogen-bond acceptors (Lipinski definition) is 9. The maximum Gasteiger partial charge on any atom is 0.220 e. The van der Waals surface area contributed by atoms with Crippen LogP contribution >= 0.6 is 23.1 Å². The highest BCUT2D eigenvalue weighted by Crippen LogP contribution is 2.43. The first-order valence-electron chi connectivity index (χ1n) is 16.4. The molecule has 0 saturated carbocycles. The highest BCUT2D eigenvalue weighted by molar-refractivity contribution is 8.01. The Bertz CT molecular complexity index is 1630. The van der Waals surface area contributed by atoms with Crippen LogP contribution in [0.5, 0.6) is 0 Å². The average Bonchev–Trinajstić information content (AvgIpc) is 3.53. The summed E-state index contributed by atoms with van der Waals surface area (Å²) in [6.07, 6.45) is 2.22. The predicted molar refractivity (Wildman–Crippen MR) is 189 cm³/mol. The number of carbonyl (C=O) groups is 2. The highest BCUT2D eigenvalue weighted by Gasteiger charge is 2.38. The zero-order valence-corrected chi connectivity index (χ0v) is 29.3. The smallest absolute Gasteiger partial charge is 0.220 e. The summed E-state index contributed by atoms with van der Waals surface area (Å²) in [5.74, 6) is 0.814. The summed E-state index contributed by atoms with van der Waals surface area (Å²) in [7, 11) is 0. The molecular formula is C37H44N4O5S2. The minimum Gasteiger partial charge on any atom is -0.392 e. The van der Waals surface area contributed by atoms with Gasteiger partial charge in [0.1, 0.15) is 5.01 Å². The molecule has 11 heteroatoms. The second-order valence-corrected chi connectivity index (χ2v) is 14.6. The van der Waals surface area contributed by atoms with Crippen LogP contribution in [0.1, 0.15) is 79.2 Å². The fourth-order valence-corrected chi connectivity index (χ4v) is 7.64. The lowest BCUT2D eigenvalue weighted by Crippen LogP contribution is -2.38. The van der Waals surface area contributed by atoms with Gasteiger partial charge in [-0.25, -0.2) is 0 Å². The van der Waals surface area contributed by atoms with Crippen LogP contribution in [-0.4, -0.2) is 45.5 Å². The first kappa shape index (κ1) is 35.7. The van der Waals surface area contributed by atoms with E-state index in [-0.39, 0.29) is 36.5 Å². The molecular weight excluding hydrogens is 645 g/mol. The monoisotopic (exact) mass is 688 g/mol. The van der Waals surface area contributed by atoms with Gasteiger partial charge >= 0.3 is 0 Å². The van der Waals surface area contributed by atoms with Crippen LogP contribution in [0.2, 0.25) is 0 Å². The van der Waals surface area contributed by atoms with E-state index in [0.717, 1.165) is 67.7 Å². The van der Waals surface area contributed by atoms with Gasteiger partial charge in [0.05, 0.1) is 18.8 Å². The molecule has 0 unspecified atom stereocenters. The van der Waals surface area contributed by atoms with E-state index < -0.39 is 6.29 Å². The number of rotatable bonds is 15. The van der Waals surface area contributed by atoms with E-state index >= 15 is 0 Å². The number of amides is 2. The average molecular weight is 689 g/mol. The van der Waals surface area contributed by atoms with Gasteiger partial charge in [-0.2, -0.15) is 0 Å². The van der Waals surface area contributed by atoms with Crippen LogP contribution in [0.4, 0.5) is 0 Å². The molecule has 1 fully saturated rings. The number of aryl methyl sites for hydroxylation is 1. The number of thioether (sulfide) groups is 1. The third-order valence-corrected chi connectivity index (χ3v) is 10.5. The molecule has 9 nitrogen and oxygen atoms in total. The van der Waals surface area contributed by atoms with Crippen LogP contribution < -0.4 is 10.6 Å². The van der Waals surface area contributed by atoms with Crippen molar-refractivity contribution in [1.82, 2.24) is 20.8 Å². The van der Waals surface area contributed by atoms with Crippen LogP contribution in [0.15, 0.2) is 77.1 Å². The topological polar surface area (TPSA) is 123 Å². The van der Waals surface area contributed by atoms with Crippen molar-refractivity contribution in [3.63, 3.8) is 0 Å². The molecule has 1 aliphatic heterocycles. The Kier molecular flexibility index (Phi) is 13.2. The quantitative estimate of drug-likeness (QED) is 0.0911. The standard InChI is InChI=1S/C37H44N4O5S2/c1-24-33(23-47-37-41-40-26(3)48-37)45-36(46-35(24)30-13-11-27(22-42)12-14-30)31-17-15-29(16-18-31)32-9-7-8-28(20-32)21-39-34(44)10-5-4-6-19-38-25(2)43/h7-9,11-18,20,24,33,35-36,42H,4-6,10,19,21-23H2,1-3H3,(H,38,43)(H,39,44)/t24-,33+,35+,36+/m0/s1. The molecule has 2 heterocycles. The predicted octanol–water partition coefficient (Wildman–Crippen LogP) is 6.90. The zero-order valence-electron chi connectivity index (χ0n) is 27.7. The maximum atomic E-state index is 12.4. The molecule has 1 aromatic heterocycles. The van der Waals surface area contributed by atoms with E-state index in [9.17, 15) is 14.7 Å². The van der Waals surface area contributed by atoms with Crippen LogP contribution in [0, 0.1) is 12.8 Å². The molecule has 1 aliphatic rings. The van der Waals surface area contributed by atoms with Gasteiger partial charge < -0.3 is 25.2 Å². The molecule has 0 aliphatic carbocycles. The minimum absolute atomic E-state index is 0.000547. The van der Waals surface area contributed by atoms with E-state index in [4.69, 9.17) is 9.47 Å². The molecule has 3 aromatic carbocycles. The number of carbonyl (C=O) groups excluding carboxylic acids is 2. The number of aliphatic hydroxyl groups is 1. The van der Waals surface area contributed by atoms with Gasteiger partial charge in [-0.15, -0.1) is 10.2 Å². The number of unbranched alkanes of at least 4 members (excludes halogenated alkanes) is 2. The number of nitrogens with one attached hydrogen (secondary N) is 2. The second-order valence-electron chi connectivity index (χ2n) is 12.1. The molecule has 48 heavy (non-hydrogen) atoms. The Labute approximate surface area is 290 Å². The van der Waals surface area contributed by atoms with Gasteiger partial charge in [0, 0.05) is 43.7 Å². The van der Waals surface area contributed by atoms with Crippen LogP contribution in [0.3, 0.4) is 0 Å².